The lowest BCUT2D eigenvalue weighted by molar-refractivity contribution is 0.0621. The summed E-state index contributed by atoms with van der Waals surface area (Å²) in [5.74, 6) is 1.14. The van der Waals surface area contributed by atoms with Crippen molar-refractivity contribution in [2.75, 3.05) is 19.6 Å². The Morgan fingerprint density at radius 2 is 2.12 bits per heavy atom. The Hall–Kier alpha value is -2.18. The highest BCUT2D eigenvalue weighted by Crippen LogP contribution is 2.31. The third kappa shape index (κ3) is 2.73. The summed E-state index contributed by atoms with van der Waals surface area (Å²) < 4.78 is 5.91. The van der Waals surface area contributed by atoms with E-state index in [0.29, 0.717) is 28.5 Å². The molecule has 6 heteroatoms. The number of benzene rings is 1. The van der Waals surface area contributed by atoms with Crippen LogP contribution in [0.25, 0.3) is 21.9 Å². The Morgan fingerprint density at radius 3 is 2.81 bits per heavy atom. The number of hydrogen-bond donors (Lipinski definition) is 1. The quantitative estimate of drug-likeness (QED) is 0.767. The van der Waals surface area contributed by atoms with Crippen LogP contribution in [0.5, 0.6) is 0 Å². The predicted octanol–water partition coefficient (Wildman–Crippen LogP) is 3.69. The van der Waals surface area contributed by atoms with Crippen molar-refractivity contribution in [3.8, 4) is 10.8 Å². The van der Waals surface area contributed by atoms with Gasteiger partial charge in [0, 0.05) is 17.5 Å². The third-order valence-electron chi connectivity index (χ3n) is 5.59. The lowest BCUT2D eigenvalue weighted by Gasteiger charge is -2.44. The van der Waals surface area contributed by atoms with Gasteiger partial charge in [-0.15, -0.1) is 11.3 Å². The second-order valence-electron chi connectivity index (χ2n) is 7.30. The molecule has 5 nitrogen and oxygen atoms in total. The highest BCUT2D eigenvalue weighted by atomic mass is 32.1. The zero-order chi connectivity index (χ0) is 17.7. The largest absolute Gasteiger partial charge is 0.435 e. The monoisotopic (exact) mass is 367 g/mol. The van der Waals surface area contributed by atoms with Gasteiger partial charge >= 0.3 is 0 Å². The van der Waals surface area contributed by atoms with Crippen LogP contribution in [0.2, 0.25) is 0 Å². The normalized spacial score (nSPS) is 24.9. The first-order chi connectivity index (χ1) is 12.7. The Kier molecular flexibility index (Phi) is 3.83. The zero-order valence-electron chi connectivity index (χ0n) is 14.7. The van der Waals surface area contributed by atoms with Gasteiger partial charge in [-0.2, -0.15) is 0 Å². The summed E-state index contributed by atoms with van der Waals surface area (Å²) in [5.41, 5.74) is 1.90. The topological polar surface area (TPSA) is 58.4 Å². The smallest absolute Gasteiger partial charge is 0.253 e. The van der Waals surface area contributed by atoms with Gasteiger partial charge in [0.1, 0.15) is 5.52 Å². The average molecular weight is 367 g/mol. The fourth-order valence-electron chi connectivity index (χ4n) is 4.16. The first-order valence-electron chi connectivity index (χ1n) is 9.17. The van der Waals surface area contributed by atoms with Crippen molar-refractivity contribution in [3.05, 3.63) is 40.8 Å². The summed E-state index contributed by atoms with van der Waals surface area (Å²) in [4.78, 5) is 22.2. The molecule has 0 unspecified atom stereocenters. The molecule has 0 aliphatic carbocycles. The van der Waals surface area contributed by atoms with E-state index in [1.807, 2.05) is 24.3 Å². The molecule has 26 heavy (non-hydrogen) atoms. The van der Waals surface area contributed by atoms with Crippen LogP contribution in [-0.2, 0) is 0 Å². The van der Waals surface area contributed by atoms with Crippen molar-refractivity contribution in [3.63, 3.8) is 0 Å². The SMILES string of the molecule is Cc1ccc(-c2nc3c(C(=O)N[C@@H]4CN5CCC4CC5)cccc3o2)s1. The molecule has 1 atom stereocenters. The van der Waals surface area contributed by atoms with E-state index in [2.05, 4.69) is 28.2 Å². The molecule has 1 N–H and O–H groups in total. The molecule has 3 aromatic rings. The number of hydrogen-bond acceptors (Lipinski definition) is 5. The fraction of sp³-hybridized carbons (Fsp3) is 0.400. The van der Waals surface area contributed by atoms with Gasteiger partial charge in [0.05, 0.1) is 10.4 Å². The summed E-state index contributed by atoms with van der Waals surface area (Å²) in [7, 11) is 0. The second-order valence-corrected chi connectivity index (χ2v) is 8.59. The average Bonchev–Trinajstić information content (AvgIpc) is 3.28. The highest BCUT2D eigenvalue weighted by molar-refractivity contribution is 7.15. The molecule has 0 spiro atoms. The van der Waals surface area contributed by atoms with Gasteiger partial charge in [0.25, 0.3) is 5.91 Å². The van der Waals surface area contributed by atoms with E-state index in [-0.39, 0.29) is 11.9 Å². The maximum atomic E-state index is 12.9. The number of nitrogens with one attached hydrogen (secondary N) is 1. The van der Waals surface area contributed by atoms with E-state index in [0.717, 1.165) is 11.4 Å². The molecule has 3 aliphatic rings. The number of carbonyl (C=O) groups is 1. The zero-order valence-corrected chi connectivity index (χ0v) is 15.5. The maximum absolute atomic E-state index is 12.9. The van der Waals surface area contributed by atoms with Gasteiger partial charge in [-0.3, -0.25) is 4.79 Å². The molecule has 134 valence electrons. The van der Waals surface area contributed by atoms with Crippen LogP contribution in [0.1, 0.15) is 28.1 Å². The van der Waals surface area contributed by atoms with E-state index < -0.39 is 0 Å². The van der Waals surface area contributed by atoms with Gasteiger partial charge in [0.2, 0.25) is 5.89 Å². The van der Waals surface area contributed by atoms with Crippen molar-refractivity contribution < 1.29 is 9.21 Å². The number of amides is 1. The first-order valence-corrected chi connectivity index (χ1v) is 9.98. The molecule has 0 saturated carbocycles. The van der Waals surface area contributed by atoms with Crippen LogP contribution in [0.4, 0.5) is 0 Å². The molecular weight excluding hydrogens is 346 g/mol. The summed E-state index contributed by atoms with van der Waals surface area (Å²) in [6.45, 7) is 5.35. The number of para-hydroxylation sites is 1. The number of piperidine rings is 3. The maximum Gasteiger partial charge on any atom is 0.253 e. The molecular formula is C20H21N3O2S. The fourth-order valence-corrected chi connectivity index (χ4v) is 4.96. The minimum Gasteiger partial charge on any atom is -0.435 e. The molecule has 6 rings (SSSR count). The number of nitrogens with zero attached hydrogens (tertiary/aromatic N) is 2. The molecule has 3 fully saturated rings. The Balaban J connectivity index is 1.44. The summed E-state index contributed by atoms with van der Waals surface area (Å²) >= 11 is 1.64. The van der Waals surface area contributed by atoms with E-state index in [1.165, 1.54) is 30.8 Å². The van der Waals surface area contributed by atoms with Gasteiger partial charge < -0.3 is 14.6 Å². The van der Waals surface area contributed by atoms with Crippen molar-refractivity contribution in [1.82, 2.24) is 15.2 Å². The lowest BCUT2D eigenvalue weighted by atomic mass is 9.84. The van der Waals surface area contributed by atoms with Crippen molar-refractivity contribution in [1.29, 1.82) is 0 Å². The van der Waals surface area contributed by atoms with Crippen molar-refractivity contribution >= 4 is 28.3 Å². The van der Waals surface area contributed by atoms with Gasteiger partial charge in [-0.05, 0) is 63.0 Å². The molecule has 1 amide bonds. The van der Waals surface area contributed by atoms with Crippen LogP contribution in [-0.4, -0.2) is 41.5 Å². The van der Waals surface area contributed by atoms with Gasteiger partial charge in [-0.1, -0.05) is 6.07 Å². The first kappa shape index (κ1) is 16.0. The van der Waals surface area contributed by atoms with Crippen LogP contribution in [0.15, 0.2) is 34.7 Å². The highest BCUT2D eigenvalue weighted by Gasteiger charge is 2.35. The van der Waals surface area contributed by atoms with Crippen LogP contribution in [0, 0.1) is 12.8 Å². The summed E-state index contributed by atoms with van der Waals surface area (Å²) in [6, 6.07) is 9.88. The number of aryl methyl sites for hydroxylation is 1. The van der Waals surface area contributed by atoms with E-state index in [4.69, 9.17) is 4.42 Å². The van der Waals surface area contributed by atoms with Crippen LogP contribution in [0.3, 0.4) is 0 Å². The van der Waals surface area contributed by atoms with Gasteiger partial charge in [0.15, 0.2) is 5.58 Å². The number of rotatable bonds is 3. The predicted molar refractivity (Wildman–Crippen MR) is 102 cm³/mol. The standard InChI is InChI=1S/C20H21N3O2S/c1-12-5-6-17(26-12)20-22-18-14(3-2-4-16(18)25-20)19(24)21-15-11-23-9-7-13(15)8-10-23/h2-6,13,15H,7-11H2,1H3,(H,21,24)/t15-/m1/s1. The van der Waals surface area contributed by atoms with Crippen LogP contribution < -0.4 is 5.32 Å². The number of oxazole rings is 1. The summed E-state index contributed by atoms with van der Waals surface area (Å²) in [5, 5.41) is 3.25. The van der Waals surface area contributed by atoms with E-state index in [9.17, 15) is 4.79 Å². The van der Waals surface area contributed by atoms with E-state index >= 15 is 0 Å². The number of thiophene rings is 1. The molecule has 2 bridgehead atoms. The lowest BCUT2D eigenvalue weighted by Crippen LogP contribution is -2.57. The molecule has 0 radical (unpaired) electrons. The van der Waals surface area contributed by atoms with Crippen molar-refractivity contribution in [2.24, 2.45) is 5.92 Å². The van der Waals surface area contributed by atoms with Crippen molar-refractivity contribution in [2.45, 2.75) is 25.8 Å². The van der Waals surface area contributed by atoms with Gasteiger partial charge in [-0.25, -0.2) is 4.98 Å². The Labute approximate surface area is 156 Å². The second kappa shape index (κ2) is 6.21. The molecule has 2 aromatic heterocycles. The molecule has 3 aliphatic heterocycles. The minimum absolute atomic E-state index is 0.0449. The van der Waals surface area contributed by atoms with Crippen LogP contribution >= 0.6 is 11.3 Å². The summed E-state index contributed by atoms with van der Waals surface area (Å²) in [6.07, 6.45) is 2.36. The number of aromatic nitrogens is 1. The Bertz CT molecular complexity index is 969. The molecule has 3 saturated heterocycles. The molecule has 1 aromatic carbocycles. The molecule has 5 heterocycles. The minimum atomic E-state index is -0.0449. The number of fused-ring (bicyclic) bond motifs is 4. The Morgan fingerprint density at radius 1 is 1.27 bits per heavy atom. The third-order valence-corrected chi connectivity index (χ3v) is 6.58. The number of carbonyl (C=O) groups excluding carboxylic acids is 1. The van der Waals surface area contributed by atoms with E-state index in [1.54, 1.807) is 11.3 Å².